The van der Waals surface area contributed by atoms with E-state index in [-0.39, 0.29) is 0 Å². The van der Waals surface area contributed by atoms with Gasteiger partial charge >= 0.3 is 0 Å². The van der Waals surface area contributed by atoms with Crippen molar-refractivity contribution in [2.24, 2.45) is 4.99 Å². The maximum absolute atomic E-state index is 4.93. The van der Waals surface area contributed by atoms with Gasteiger partial charge < -0.3 is 9.13 Å². The van der Waals surface area contributed by atoms with Gasteiger partial charge in [0.25, 0.3) is 0 Å². The molecule has 270 valence electrons. The van der Waals surface area contributed by atoms with Gasteiger partial charge in [0.2, 0.25) is 0 Å². The van der Waals surface area contributed by atoms with Crippen molar-refractivity contribution in [2.75, 3.05) is 0 Å². The molecule has 0 atom stereocenters. The Morgan fingerprint density at radius 2 is 1.05 bits per heavy atom. The van der Waals surface area contributed by atoms with Gasteiger partial charge in [-0.2, -0.15) is 0 Å². The lowest BCUT2D eigenvalue weighted by molar-refractivity contribution is 1.09. The molecule has 0 aliphatic heterocycles. The molecule has 0 spiro atoms. The quantitative estimate of drug-likeness (QED) is 0.146. The van der Waals surface area contributed by atoms with Crippen LogP contribution >= 0.6 is 0 Å². The minimum atomic E-state index is 0.838. The van der Waals surface area contributed by atoms with Crippen LogP contribution in [0.25, 0.3) is 95.1 Å². The molecule has 6 heteroatoms. The van der Waals surface area contributed by atoms with Crippen molar-refractivity contribution in [3.8, 4) is 56.1 Å². The van der Waals surface area contributed by atoms with Crippen molar-refractivity contribution >= 4 is 51.3 Å². The predicted octanol–water partition coefficient (Wildman–Crippen LogP) is 12.9. The summed E-state index contributed by atoms with van der Waals surface area (Å²) in [5.74, 6) is 0. The summed E-state index contributed by atoms with van der Waals surface area (Å²) in [6.45, 7) is 6.09. The molecule has 5 aromatic carbocycles. The number of hydrogen-bond donors (Lipinski definition) is 0. The SMILES string of the molecule is C=Nc1c(/C=C\C)n(-c2cccc(-n3c4ccc(-c5ccccc5-c5ccccn5)cc4c4ncccc43)c2)c2ccc(-c3ccccc3-c3ccccn3)cc12. The van der Waals surface area contributed by atoms with E-state index in [1.807, 2.05) is 55.8 Å². The standard InChI is InChI=1S/C51H36N6/c1-3-14-48-50(52-2)42-31-34(38-17-4-6-19-40(38)44-21-8-10-28-53-44)24-26-46(42)56(48)36-15-12-16-37(33-36)57-47-27-25-35(32-43(47)51-49(57)23-13-30-55-51)39-18-5-7-20-41(39)45-22-9-11-29-54-45/h3-33H,2H2,1H3/b14-3-. The largest absolute Gasteiger partial charge is 0.308 e. The highest BCUT2D eigenvalue weighted by Crippen LogP contribution is 2.42. The second-order valence-electron chi connectivity index (χ2n) is 13.9. The zero-order chi connectivity index (χ0) is 38.3. The van der Waals surface area contributed by atoms with Crippen LogP contribution in [0, 0.1) is 0 Å². The van der Waals surface area contributed by atoms with Gasteiger partial charge in [0.05, 0.1) is 44.8 Å². The Morgan fingerprint density at radius 3 is 1.65 bits per heavy atom. The number of hydrogen-bond acceptors (Lipinski definition) is 4. The van der Waals surface area contributed by atoms with Gasteiger partial charge in [-0.3, -0.25) is 19.9 Å². The molecule has 0 saturated heterocycles. The van der Waals surface area contributed by atoms with Crippen LogP contribution in [0.4, 0.5) is 5.69 Å². The van der Waals surface area contributed by atoms with Crippen LogP contribution in [-0.4, -0.2) is 30.8 Å². The zero-order valence-corrected chi connectivity index (χ0v) is 31.3. The van der Waals surface area contributed by atoms with Crippen LogP contribution in [0.3, 0.4) is 0 Å². The maximum Gasteiger partial charge on any atom is 0.0963 e. The van der Waals surface area contributed by atoms with E-state index < -0.39 is 0 Å². The highest BCUT2D eigenvalue weighted by Gasteiger charge is 2.20. The van der Waals surface area contributed by atoms with Crippen LogP contribution in [0.2, 0.25) is 0 Å². The minimum absolute atomic E-state index is 0.838. The average molecular weight is 733 g/mol. The molecule has 0 aliphatic carbocycles. The normalized spacial score (nSPS) is 11.6. The van der Waals surface area contributed by atoms with Gasteiger partial charge in [0.15, 0.2) is 0 Å². The first-order valence-corrected chi connectivity index (χ1v) is 19.0. The Hall–Kier alpha value is -7.70. The Morgan fingerprint density at radius 1 is 0.491 bits per heavy atom. The van der Waals surface area contributed by atoms with Gasteiger partial charge in [-0.15, -0.1) is 0 Å². The number of pyridine rings is 3. The molecular formula is C51H36N6. The van der Waals surface area contributed by atoms with Crippen LogP contribution < -0.4 is 0 Å². The van der Waals surface area contributed by atoms with Crippen molar-refractivity contribution in [2.45, 2.75) is 6.92 Å². The fourth-order valence-corrected chi connectivity index (χ4v) is 8.23. The molecule has 0 aliphatic rings. The number of benzene rings is 5. The van der Waals surface area contributed by atoms with Gasteiger partial charge in [-0.1, -0.05) is 84.9 Å². The van der Waals surface area contributed by atoms with E-state index in [2.05, 4.69) is 170 Å². The lowest BCUT2D eigenvalue weighted by Crippen LogP contribution is -2.00. The molecule has 5 aromatic heterocycles. The van der Waals surface area contributed by atoms with E-state index >= 15 is 0 Å². The molecule has 0 radical (unpaired) electrons. The van der Waals surface area contributed by atoms with Crippen molar-refractivity contribution in [3.63, 3.8) is 0 Å². The smallest absolute Gasteiger partial charge is 0.0963 e. The van der Waals surface area contributed by atoms with Crippen molar-refractivity contribution in [1.82, 2.24) is 24.1 Å². The molecule has 0 bridgehead atoms. The summed E-state index contributed by atoms with van der Waals surface area (Å²) >= 11 is 0. The molecule has 10 aromatic rings. The number of rotatable bonds is 8. The number of aliphatic imine (C=N–C) groups is 1. The van der Waals surface area contributed by atoms with Crippen LogP contribution in [0.1, 0.15) is 12.6 Å². The summed E-state index contributed by atoms with van der Waals surface area (Å²) in [7, 11) is 0. The summed E-state index contributed by atoms with van der Waals surface area (Å²) in [6.07, 6.45) is 9.73. The first kappa shape index (κ1) is 33.8. The minimum Gasteiger partial charge on any atom is -0.308 e. The number of nitrogens with zero attached hydrogens (tertiary/aromatic N) is 6. The van der Waals surface area contributed by atoms with Gasteiger partial charge in [0, 0.05) is 51.9 Å². The lowest BCUT2D eigenvalue weighted by Gasteiger charge is -2.14. The average Bonchev–Trinajstić information content (AvgIpc) is 3.78. The third-order valence-electron chi connectivity index (χ3n) is 10.7. The molecule has 57 heavy (non-hydrogen) atoms. The highest BCUT2D eigenvalue weighted by molar-refractivity contribution is 6.09. The molecule has 0 amide bonds. The Labute approximate surface area is 330 Å². The zero-order valence-electron chi connectivity index (χ0n) is 31.3. The Kier molecular flexibility index (Phi) is 8.42. The first-order chi connectivity index (χ1) is 28.2. The summed E-state index contributed by atoms with van der Waals surface area (Å²) in [6, 6.07) is 55.1. The molecule has 0 saturated carbocycles. The van der Waals surface area contributed by atoms with E-state index in [0.29, 0.717) is 0 Å². The second kappa shape index (κ2) is 14.2. The number of allylic oxidation sites excluding steroid dienone is 1. The number of aromatic nitrogens is 5. The maximum atomic E-state index is 4.93. The Bertz CT molecular complexity index is 3150. The second-order valence-corrected chi connectivity index (χ2v) is 13.9. The molecule has 6 nitrogen and oxygen atoms in total. The third-order valence-corrected chi connectivity index (χ3v) is 10.7. The van der Waals surface area contributed by atoms with Gasteiger partial charge in [-0.05, 0) is 121 Å². The third kappa shape index (κ3) is 5.74. The molecule has 0 unspecified atom stereocenters. The molecule has 0 N–H and O–H groups in total. The van der Waals surface area contributed by atoms with Crippen molar-refractivity contribution in [1.29, 1.82) is 0 Å². The summed E-state index contributed by atoms with van der Waals surface area (Å²) < 4.78 is 4.60. The topological polar surface area (TPSA) is 60.9 Å². The monoisotopic (exact) mass is 732 g/mol. The molecular weight excluding hydrogens is 697 g/mol. The van der Waals surface area contributed by atoms with E-state index in [1.54, 1.807) is 0 Å². The van der Waals surface area contributed by atoms with E-state index in [9.17, 15) is 0 Å². The van der Waals surface area contributed by atoms with E-state index in [1.165, 1.54) is 0 Å². The van der Waals surface area contributed by atoms with Crippen LogP contribution in [0.5, 0.6) is 0 Å². The number of fused-ring (bicyclic) bond motifs is 4. The van der Waals surface area contributed by atoms with Gasteiger partial charge in [-0.25, -0.2) is 0 Å². The van der Waals surface area contributed by atoms with Crippen LogP contribution in [0.15, 0.2) is 187 Å². The highest BCUT2D eigenvalue weighted by atomic mass is 15.0. The summed E-state index contributed by atoms with van der Waals surface area (Å²) in [4.78, 5) is 18.9. The lowest BCUT2D eigenvalue weighted by atomic mass is 9.96. The van der Waals surface area contributed by atoms with Crippen LogP contribution in [-0.2, 0) is 0 Å². The summed E-state index contributed by atoms with van der Waals surface area (Å²) in [5.41, 5.74) is 16.5. The van der Waals surface area contributed by atoms with Gasteiger partial charge in [0.1, 0.15) is 0 Å². The molecule has 5 heterocycles. The van der Waals surface area contributed by atoms with E-state index in [4.69, 9.17) is 4.98 Å². The van der Waals surface area contributed by atoms with Crippen molar-refractivity contribution < 1.29 is 0 Å². The fourth-order valence-electron chi connectivity index (χ4n) is 8.23. The fraction of sp³-hybridized carbons (Fsp3) is 0.0196. The molecule has 10 rings (SSSR count). The predicted molar refractivity (Wildman–Crippen MR) is 237 cm³/mol. The summed E-state index contributed by atoms with van der Waals surface area (Å²) in [5, 5.41) is 2.11. The van der Waals surface area contributed by atoms with Crippen molar-refractivity contribution in [3.05, 3.63) is 188 Å². The van der Waals surface area contributed by atoms with E-state index in [0.717, 1.165) is 100 Å². The molecule has 0 fully saturated rings. The first-order valence-electron chi connectivity index (χ1n) is 19.0. The Balaban J connectivity index is 1.13.